The highest BCUT2D eigenvalue weighted by Crippen LogP contribution is 2.29. The SMILES string of the molecule is CN(CC1CCCNC1)c1coc2ccccc12. The van der Waals surface area contributed by atoms with E-state index in [1.54, 1.807) is 0 Å². The van der Waals surface area contributed by atoms with Crippen molar-refractivity contribution >= 4 is 16.7 Å². The van der Waals surface area contributed by atoms with Crippen molar-refractivity contribution in [2.45, 2.75) is 12.8 Å². The van der Waals surface area contributed by atoms with Crippen LogP contribution in [0.2, 0.25) is 0 Å². The standard InChI is InChI=1S/C15H20N2O/c1-17(10-12-5-4-8-16-9-12)14-11-18-15-7-3-2-6-13(14)15/h2-3,6-7,11-12,16H,4-5,8-10H2,1H3. The Balaban J connectivity index is 1.76. The van der Waals surface area contributed by atoms with Crippen LogP contribution >= 0.6 is 0 Å². The van der Waals surface area contributed by atoms with Gasteiger partial charge in [0.25, 0.3) is 0 Å². The molecule has 2 heterocycles. The minimum absolute atomic E-state index is 0.748. The Bertz CT molecular complexity index is 514. The number of rotatable bonds is 3. The van der Waals surface area contributed by atoms with Crippen LogP contribution in [-0.2, 0) is 0 Å². The summed E-state index contributed by atoms with van der Waals surface area (Å²) in [5.41, 5.74) is 2.18. The van der Waals surface area contributed by atoms with E-state index in [2.05, 4.69) is 29.4 Å². The van der Waals surface area contributed by atoms with E-state index in [0.717, 1.165) is 24.6 Å². The van der Waals surface area contributed by atoms with Crippen LogP contribution in [-0.4, -0.2) is 26.7 Å². The molecule has 1 unspecified atom stereocenters. The maximum absolute atomic E-state index is 5.60. The van der Waals surface area contributed by atoms with Crippen LogP contribution in [0, 0.1) is 5.92 Å². The molecule has 3 nitrogen and oxygen atoms in total. The Morgan fingerprint density at radius 3 is 3.11 bits per heavy atom. The fraction of sp³-hybridized carbons (Fsp3) is 0.467. The number of anilines is 1. The summed E-state index contributed by atoms with van der Waals surface area (Å²) in [6.45, 7) is 3.41. The predicted molar refractivity (Wildman–Crippen MR) is 75.1 cm³/mol. The molecule has 1 atom stereocenters. The molecule has 0 aliphatic carbocycles. The van der Waals surface area contributed by atoms with E-state index in [1.165, 1.54) is 30.5 Å². The summed E-state index contributed by atoms with van der Waals surface area (Å²) in [6, 6.07) is 8.23. The maximum Gasteiger partial charge on any atom is 0.136 e. The Hall–Kier alpha value is -1.48. The van der Waals surface area contributed by atoms with Crippen molar-refractivity contribution in [2.75, 3.05) is 31.6 Å². The first kappa shape index (κ1) is 11.6. The van der Waals surface area contributed by atoms with Gasteiger partial charge in [0.15, 0.2) is 0 Å². The van der Waals surface area contributed by atoms with Crippen molar-refractivity contribution in [3.8, 4) is 0 Å². The first-order valence-electron chi connectivity index (χ1n) is 6.72. The van der Waals surface area contributed by atoms with Crippen molar-refractivity contribution in [2.24, 2.45) is 5.92 Å². The van der Waals surface area contributed by atoms with Gasteiger partial charge in [-0.25, -0.2) is 0 Å². The minimum Gasteiger partial charge on any atom is -0.462 e. The number of furan rings is 1. The van der Waals surface area contributed by atoms with E-state index in [-0.39, 0.29) is 0 Å². The number of hydrogen-bond donors (Lipinski definition) is 1. The predicted octanol–water partition coefficient (Wildman–Crippen LogP) is 2.87. The number of fused-ring (bicyclic) bond motifs is 1. The second-order valence-electron chi connectivity index (χ2n) is 5.21. The van der Waals surface area contributed by atoms with Crippen LogP contribution in [0.15, 0.2) is 34.9 Å². The molecule has 1 fully saturated rings. The lowest BCUT2D eigenvalue weighted by Gasteiger charge is -2.28. The van der Waals surface area contributed by atoms with Crippen LogP contribution < -0.4 is 10.2 Å². The molecule has 1 aromatic carbocycles. The van der Waals surface area contributed by atoms with E-state index in [9.17, 15) is 0 Å². The average Bonchev–Trinajstić information content (AvgIpc) is 2.84. The van der Waals surface area contributed by atoms with Gasteiger partial charge in [-0.3, -0.25) is 0 Å². The van der Waals surface area contributed by atoms with Crippen molar-refractivity contribution in [1.82, 2.24) is 5.32 Å². The van der Waals surface area contributed by atoms with Gasteiger partial charge in [-0.15, -0.1) is 0 Å². The molecule has 0 spiro atoms. The molecule has 1 aliphatic heterocycles. The third kappa shape index (κ3) is 2.23. The van der Waals surface area contributed by atoms with Gasteiger partial charge < -0.3 is 14.6 Å². The lowest BCUT2D eigenvalue weighted by Crippen LogP contribution is -2.36. The molecule has 0 amide bonds. The number of nitrogens with zero attached hydrogens (tertiary/aromatic N) is 1. The van der Waals surface area contributed by atoms with Crippen LogP contribution in [0.1, 0.15) is 12.8 Å². The summed E-state index contributed by atoms with van der Waals surface area (Å²) in [7, 11) is 2.16. The molecule has 0 saturated carbocycles. The Morgan fingerprint density at radius 2 is 2.28 bits per heavy atom. The molecule has 1 saturated heterocycles. The lowest BCUT2D eigenvalue weighted by molar-refractivity contribution is 0.381. The zero-order chi connectivity index (χ0) is 12.4. The third-order valence-electron chi connectivity index (χ3n) is 3.80. The molecule has 3 heteroatoms. The Kier molecular flexibility index (Phi) is 3.24. The molecule has 2 aromatic rings. The highest BCUT2D eigenvalue weighted by Gasteiger charge is 2.17. The summed E-state index contributed by atoms with van der Waals surface area (Å²) in [5, 5.41) is 4.68. The topological polar surface area (TPSA) is 28.4 Å². The summed E-state index contributed by atoms with van der Waals surface area (Å²) in [4.78, 5) is 2.32. The second kappa shape index (κ2) is 5.02. The highest BCUT2D eigenvalue weighted by atomic mass is 16.3. The van der Waals surface area contributed by atoms with E-state index in [0.29, 0.717) is 0 Å². The first-order chi connectivity index (χ1) is 8.84. The number of nitrogens with one attached hydrogen (secondary N) is 1. The number of hydrogen-bond acceptors (Lipinski definition) is 3. The third-order valence-corrected chi connectivity index (χ3v) is 3.80. The van der Waals surface area contributed by atoms with Gasteiger partial charge in [0.05, 0.1) is 5.69 Å². The molecular formula is C15H20N2O. The molecule has 1 aliphatic rings. The van der Waals surface area contributed by atoms with Crippen LogP contribution in [0.25, 0.3) is 11.0 Å². The van der Waals surface area contributed by atoms with Crippen molar-refractivity contribution in [3.63, 3.8) is 0 Å². The fourth-order valence-corrected chi connectivity index (χ4v) is 2.82. The molecule has 3 rings (SSSR count). The molecule has 0 bridgehead atoms. The summed E-state index contributed by atoms with van der Waals surface area (Å²) in [5.74, 6) is 0.748. The average molecular weight is 244 g/mol. The Labute approximate surface area is 108 Å². The smallest absolute Gasteiger partial charge is 0.136 e. The maximum atomic E-state index is 5.60. The summed E-state index contributed by atoms with van der Waals surface area (Å²) in [6.07, 6.45) is 4.50. The number of benzene rings is 1. The summed E-state index contributed by atoms with van der Waals surface area (Å²) < 4.78 is 5.60. The molecule has 0 radical (unpaired) electrons. The Morgan fingerprint density at radius 1 is 1.39 bits per heavy atom. The van der Waals surface area contributed by atoms with Gasteiger partial charge >= 0.3 is 0 Å². The van der Waals surface area contributed by atoms with Crippen molar-refractivity contribution in [1.29, 1.82) is 0 Å². The normalized spacial score (nSPS) is 20.2. The largest absolute Gasteiger partial charge is 0.462 e. The van der Waals surface area contributed by atoms with E-state index in [4.69, 9.17) is 4.42 Å². The molecular weight excluding hydrogens is 224 g/mol. The molecule has 96 valence electrons. The van der Waals surface area contributed by atoms with Gasteiger partial charge in [-0.05, 0) is 44.0 Å². The van der Waals surface area contributed by atoms with E-state index in [1.807, 2.05) is 18.4 Å². The fourth-order valence-electron chi connectivity index (χ4n) is 2.82. The monoisotopic (exact) mass is 244 g/mol. The lowest BCUT2D eigenvalue weighted by atomic mass is 9.99. The molecule has 1 N–H and O–H groups in total. The highest BCUT2D eigenvalue weighted by molar-refractivity contribution is 5.90. The van der Waals surface area contributed by atoms with E-state index >= 15 is 0 Å². The number of para-hydroxylation sites is 1. The summed E-state index contributed by atoms with van der Waals surface area (Å²) >= 11 is 0. The van der Waals surface area contributed by atoms with Crippen molar-refractivity contribution in [3.05, 3.63) is 30.5 Å². The van der Waals surface area contributed by atoms with Crippen molar-refractivity contribution < 1.29 is 4.42 Å². The zero-order valence-electron chi connectivity index (χ0n) is 10.9. The first-order valence-corrected chi connectivity index (χ1v) is 6.72. The van der Waals surface area contributed by atoms with Gasteiger partial charge in [-0.2, -0.15) is 0 Å². The quantitative estimate of drug-likeness (QED) is 0.900. The van der Waals surface area contributed by atoms with Gasteiger partial charge in [0.1, 0.15) is 11.8 Å². The zero-order valence-corrected chi connectivity index (χ0v) is 10.9. The van der Waals surface area contributed by atoms with Gasteiger partial charge in [0.2, 0.25) is 0 Å². The van der Waals surface area contributed by atoms with Crippen LogP contribution in [0.4, 0.5) is 5.69 Å². The van der Waals surface area contributed by atoms with E-state index < -0.39 is 0 Å². The van der Waals surface area contributed by atoms with Crippen LogP contribution in [0.3, 0.4) is 0 Å². The number of piperidine rings is 1. The molecule has 18 heavy (non-hydrogen) atoms. The molecule has 1 aromatic heterocycles. The van der Waals surface area contributed by atoms with Gasteiger partial charge in [-0.1, -0.05) is 12.1 Å². The van der Waals surface area contributed by atoms with Crippen LogP contribution in [0.5, 0.6) is 0 Å². The van der Waals surface area contributed by atoms with Gasteiger partial charge in [0, 0.05) is 19.0 Å². The second-order valence-corrected chi connectivity index (χ2v) is 5.21. The minimum atomic E-state index is 0.748.